The molecule has 0 unspecified atom stereocenters. The van der Waals surface area contributed by atoms with Crippen LogP contribution in [0.15, 0.2) is 56.3 Å². The van der Waals surface area contributed by atoms with E-state index in [2.05, 4.69) is 5.32 Å². The number of ether oxygens (including phenoxy) is 1. The Labute approximate surface area is 183 Å². The maximum atomic E-state index is 13.3. The van der Waals surface area contributed by atoms with Crippen LogP contribution in [0.25, 0.3) is 33.1 Å². The molecule has 1 aliphatic rings. The molecule has 0 bridgehead atoms. The van der Waals surface area contributed by atoms with E-state index in [1.807, 2.05) is 13.0 Å². The molecule has 1 amide bonds. The minimum atomic E-state index is -0.535. The third-order valence-corrected chi connectivity index (χ3v) is 6.02. The number of furan rings is 1. The standard InChI is InChI=1S/C25H22FNO5/c1-14-18-9-20-21(15-4-6-16(26)7-5-15)13-31-22(20)11-23(18)32-25(29)19(14)10-24(28)27-12-17-3-2-8-30-17/h4-7,9,11,13,17H,2-3,8,10,12H2,1H3,(H,27,28)/t17-/m1/s1. The number of fused-ring (bicyclic) bond motifs is 2. The summed E-state index contributed by atoms with van der Waals surface area (Å²) in [6, 6.07) is 9.73. The van der Waals surface area contributed by atoms with Gasteiger partial charge >= 0.3 is 5.63 Å². The monoisotopic (exact) mass is 435 g/mol. The summed E-state index contributed by atoms with van der Waals surface area (Å²) < 4.78 is 30.0. The fourth-order valence-corrected chi connectivity index (χ4v) is 4.22. The summed E-state index contributed by atoms with van der Waals surface area (Å²) in [7, 11) is 0. The van der Waals surface area contributed by atoms with Crippen LogP contribution in [0.2, 0.25) is 0 Å². The molecular formula is C25H22FNO5. The Hall–Kier alpha value is -3.45. The zero-order chi connectivity index (χ0) is 22.2. The van der Waals surface area contributed by atoms with Crippen LogP contribution in [0.4, 0.5) is 4.39 Å². The Balaban J connectivity index is 1.50. The quantitative estimate of drug-likeness (QED) is 0.467. The maximum Gasteiger partial charge on any atom is 0.340 e. The van der Waals surface area contributed by atoms with Gasteiger partial charge in [-0.2, -0.15) is 0 Å². The van der Waals surface area contributed by atoms with Crippen LogP contribution in [0.3, 0.4) is 0 Å². The highest BCUT2D eigenvalue weighted by Gasteiger charge is 2.20. The summed E-state index contributed by atoms with van der Waals surface area (Å²) in [4.78, 5) is 25.1. The van der Waals surface area contributed by atoms with Crippen molar-refractivity contribution >= 4 is 27.8 Å². The van der Waals surface area contributed by atoms with Gasteiger partial charge in [-0.1, -0.05) is 12.1 Å². The normalized spacial score (nSPS) is 16.1. The van der Waals surface area contributed by atoms with Crippen molar-refractivity contribution in [2.24, 2.45) is 0 Å². The van der Waals surface area contributed by atoms with Crippen molar-refractivity contribution in [2.45, 2.75) is 32.3 Å². The van der Waals surface area contributed by atoms with E-state index < -0.39 is 5.63 Å². The second kappa shape index (κ2) is 8.24. The van der Waals surface area contributed by atoms with Gasteiger partial charge in [0.05, 0.1) is 24.4 Å². The van der Waals surface area contributed by atoms with Crippen LogP contribution in [0.1, 0.15) is 24.0 Å². The van der Waals surface area contributed by atoms with Crippen molar-refractivity contribution in [2.75, 3.05) is 13.2 Å². The van der Waals surface area contributed by atoms with Gasteiger partial charge in [0.25, 0.3) is 0 Å². The first-order chi connectivity index (χ1) is 15.5. The van der Waals surface area contributed by atoms with E-state index in [0.717, 1.165) is 41.3 Å². The van der Waals surface area contributed by atoms with Gasteiger partial charge in [-0.3, -0.25) is 4.79 Å². The minimum Gasteiger partial charge on any atom is -0.464 e. The number of carbonyl (C=O) groups is 1. The first-order valence-electron chi connectivity index (χ1n) is 10.6. The van der Waals surface area contributed by atoms with Gasteiger partial charge in [-0.25, -0.2) is 9.18 Å². The van der Waals surface area contributed by atoms with E-state index in [0.29, 0.717) is 28.8 Å². The van der Waals surface area contributed by atoms with E-state index >= 15 is 0 Å². The molecule has 4 aromatic rings. The lowest BCUT2D eigenvalue weighted by atomic mass is 9.99. The van der Waals surface area contributed by atoms with Crippen molar-refractivity contribution in [3.8, 4) is 11.1 Å². The third kappa shape index (κ3) is 3.80. The molecular weight excluding hydrogens is 413 g/mol. The summed E-state index contributed by atoms with van der Waals surface area (Å²) in [6.45, 7) is 2.97. The molecule has 5 rings (SSSR count). The Morgan fingerprint density at radius 2 is 1.97 bits per heavy atom. The molecule has 1 aliphatic heterocycles. The predicted molar refractivity (Wildman–Crippen MR) is 118 cm³/mol. The van der Waals surface area contributed by atoms with Crippen molar-refractivity contribution in [3.05, 3.63) is 70.0 Å². The van der Waals surface area contributed by atoms with Crippen molar-refractivity contribution < 1.29 is 22.8 Å². The van der Waals surface area contributed by atoms with E-state index in [4.69, 9.17) is 13.6 Å². The lowest BCUT2D eigenvalue weighted by molar-refractivity contribution is -0.121. The van der Waals surface area contributed by atoms with Gasteiger partial charge in [-0.05, 0) is 49.1 Å². The van der Waals surface area contributed by atoms with Gasteiger partial charge in [0.15, 0.2) is 0 Å². The molecule has 1 saturated heterocycles. The van der Waals surface area contributed by atoms with E-state index in [9.17, 15) is 14.0 Å². The maximum absolute atomic E-state index is 13.3. The largest absolute Gasteiger partial charge is 0.464 e. The number of halogens is 1. The highest BCUT2D eigenvalue weighted by molar-refractivity contribution is 6.02. The minimum absolute atomic E-state index is 0.0346. The Kier molecular flexibility index (Phi) is 5.27. The average Bonchev–Trinajstić information content (AvgIpc) is 3.44. The molecule has 2 aromatic carbocycles. The van der Waals surface area contributed by atoms with Crippen LogP contribution < -0.4 is 10.9 Å². The number of amides is 1. The van der Waals surface area contributed by atoms with Crippen LogP contribution in [0, 0.1) is 12.7 Å². The zero-order valence-corrected chi connectivity index (χ0v) is 17.6. The fourth-order valence-electron chi connectivity index (χ4n) is 4.22. The van der Waals surface area contributed by atoms with Gasteiger partial charge < -0.3 is 18.9 Å². The smallest absolute Gasteiger partial charge is 0.340 e. The molecule has 32 heavy (non-hydrogen) atoms. The topological polar surface area (TPSA) is 81.7 Å². The summed E-state index contributed by atoms with van der Waals surface area (Å²) in [5.41, 5.74) is 3.05. The summed E-state index contributed by atoms with van der Waals surface area (Å²) >= 11 is 0. The molecule has 1 N–H and O–H groups in total. The van der Waals surface area contributed by atoms with E-state index in [-0.39, 0.29) is 24.2 Å². The molecule has 7 heteroatoms. The molecule has 164 valence electrons. The molecule has 3 heterocycles. The highest BCUT2D eigenvalue weighted by atomic mass is 19.1. The lowest BCUT2D eigenvalue weighted by Gasteiger charge is -2.12. The molecule has 6 nitrogen and oxygen atoms in total. The molecule has 0 saturated carbocycles. The van der Waals surface area contributed by atoms with Crippen LogP contribution in [-0.2, 0) is 16.0 Å². The molecule has 0 spiro atoms. The Morgan fingerprint density at radius 1 is 1.16 bits per heavy atom. The van der Waals surface area contributed by atoms with E-state index in [1.165, 1.54) is 12.1 Å². The Morgan fingerprint density at radius 3 is 2.72 bits per heavy atom. The number of hydrogen-bond acceptors (Lipinski definition) is 5. The number of hydrogen-bond donors (Lipinski definition) is 1. The molecule has 1 fully saturated rings. The van der Waals surface area contributed by atoms with E-state index in [1.54, 1.807) is 24.5 Å². The number of aryl methyl sites for hydroxylation is 1. The second-order valence-corrected chi connectivity index (χ2v) is 8.11. The zero-order valence-electron chi connectivity index (χ0n) is 17.6. The lowest BCUT2D eigenvalue weighted by Crippen LogP contribution is -2.34. The Bertz CT molecular complexity index is 1360. The van der Waals surface area contributed by atoms with Crippen LogP contribution in [0.5, 0.6) is 0 Å². The summed E-state index contributed by atoms with van der Waals surface area (Å²) in [5.74, 6) is -0.557. The molecule has 0 radical (unpaired) electrons. The second-order valence-electron chi connectivity index (χ2n) is 8.11. The van der Waals surface area contributed by atoms with Crippen LogP contribution in [-0.4, -0.2) is 25.2 Å². The highest BCUT2D eigenvalue weighted by Crippen LogP contribution is 2.34. The molecule has 0 aliphatic carbocycles. The SMILES string of the molecule is Cc1c(CC(=O)NC[C@H]2CCCO2)c(=O)oc2cc3occ(-c4ccc(F)cc4)c3cc12. The number of nitrogens with one attached hydrogen (secondary N) is 1. The number of benzene rings is 2. The van der Waals surface area contributed by atoms with Crippen molar-refractivity contribution in [1.82, 2.24) is 5.32 Å². The summed E-state index contributed by atoms with van der Waals surface area (Å²) in [6.07, 6.45) is 3.49. The van der Waals surface area contributed by atoms with Crippen molar-refractivity contribution in [3.63, 3.8) is 0 Å². The average molecular weight is 435 g/mol. The van der Waals surface area contributed by atoms with Gasteiger partial charge in [-0.15, -0.1) is 0 Å². The van der Waals surface area contributed by atoms with Gasteiger partial charge in [0.1, 0.15) is 17.0 Å². The summed E-state index contributed by atoms with van der Waals surface area (Å²) in [5, 5.41) is 4.39. The molecule has 2 aromatic heterocycles. The molecule has 1 atom stereocenters. The fraction of sp³-hybridized carbons (Fsp3) is 0.280. The first kappa shape index (κ1) is 20.5. The first-order valence-corrected chi connectivity index (χ1v) is 10.6. The third-order valence-electron chi connectivity index (χ3n) is 6.02. The van der Waals surface area contributed by atoms with Crippen molar-refractivity contribution in [1.29, 1.82) is 0 Å². The number of carbonyl (C=O) groups excluding carboxylic acids is 1. The van der Waals surface area contributed by atoms with Crippen LogP contribution >= 0.6 is 0 Å². The number of rotatable bonds is 5. The van der Waals surface area contributed by atoms with Gasteiger partial charge in [0.2, 0.25) is 5.91 Å². The van der Waals surface area contributed by atoms with Gasteiger partial charge in [0, 0.05) is 35.6 Å². The predicted octanol–water partition coefficient (Wildman–Crippen LogP) is 4.49.